The fourth-order valence-electron chi connectivity index (χ4n) is 4.78. The molecule has 7 rings (SSSR count). The molecule has 0 bridgehead atoms. The summed E-state index contributed by atoms with van der Waals surface area (Å²) in [6.45, 7) is 2.06. The molecule has 0 radical (unpaired) electrons. The van der Waals surface area contributed by atoms with Crippen LogP contribution in [0, 0.1) is 6.92 Å². The van der Waals surface area contributed by atoms with E-state index in [4.69, 9.17) is 24.9 Å². The van der Waals surface area contributed by atoms with E-state index in [1.165, 1.54) is 0 Å². The number of hydrogen-bond acceptors (Lipinski definition) is 8. The van der Waals surface area contributed by atoms with E-state index in [1.54, 1.807) is 18.6 Å². The lowest BCUT2D eigenvalue weighted by molar-refractivity contribution is 1.04. The maximum absolute atomic E-state index is 4.90. The molecule has 0 amide bonds. The Morgan fingerprint density at radius 1 is 0.372 bits per heavy atom. The van der Waals surface area contributed by atoms with Crippen LogP contribution < -0.4 is 0 Å². The van der Waals surface area contributed by atoms with Crippen LogP contribution in [0.2, 0.25) is 0 Å². The molecule has 0 spiro atoms. The summed E-state index contributed by atoms with van der Waals surface area (Å²) in [7, 11) is 0. The van der Waals surface area contributed by atoms with Gasteiger partial charge in [-0.3, -0.25) is 15.0 Å². The van der Waals surface area contributed by atoms with Crippen molar-refractivity contribution in [2.24, 2.45) is 0 Å². The van der Waals surface area contributed by atoms with Crippen molar-refractivity contribution in [3.8, 4) is 68.5 Å². The number of aryl methyl sites for hydroxylation is 1. The predicted molar refractivity (Wildman–Crippen MR) is 166 cm³/mol. The Morgan fingerprint density at radius 3 is 1.33 bits per heavy atom. The van der Waals surface area contributed by atoms with Gasteiger partial charge in [0.1, 0.15) is 11.4 Å². The SMILES string of the molecule is Cc1cc(-c2nc(-c3cccc(-c4ccccn4)n3)nc(-c3cccc(-c4ccccn4)n3)n2)ccc1-c1ccccn1. The molecule has 0 aliphatic carbocycles. The lowest BCUT2D eigenvalue weighted by atomic mass is 10.0. The highest BCUT2D eigenvalue weighted by atomic mass is 15.1. The van der Waals surface area contributed by atoms with Crippen LogP contribution >= 0.6 is 0 Å². The van der Waals surface area contributed by atoms with Crippen molar-refractivity contribution >= 4 is 0 Å². The first-order valence-electron chi connectivity index (χ1n) is 13.8. The van der Waals surface area contributed by atoms with Gasteiger partial charge in [-0.15, -0.1) is 0 Å². The quantitative estimate of drug-likeness (QED) is 0.213. The maximum Gasteiger partial charge on any atom is 0.182 e. The lowest BCUT2D eigenvalue weighted by Gasteiger charge is -2.11. The van der Waals surface area contributed by atoms with Crippen LogP contribution in [-0.4, -0.2) is 39.9 Å². The van der Waals surface area contributed by atoms with Crippen molar-refractivity contribution < 1.29 is 0 Å². The van der Waals surface area contributed by atoms with Crippen molar-refractivity contribution in [2.75, 3.05) is 0 Å². The van der Waals surface area contributed by atoms with E-state index >= 15 is 0 Å². The first-order valence-corrected chi connectivity index (χ1v) is 13.8. The van der Waals surface area contributed by atoms with Crippen LogP contribution in [0.4, 0.5) is 0 Å². The van der Waals surface area contributed by atoms with Gasteiger partial charge in [0, 0.05) is 29.7 Å². The summed E-state index contributed by atoms with van der Waals surface area (Å²) in [5.74, 6) is 1.40. The number of benzene rings is 1. The van der Waals surface area contributed by atoms with Crippen LogP contribution in [0.5, 0.6) is 0 Å². The zero-order chi connectivity index (χ0) is 29.0. The molecule has 204 valence electrons. The first kappa shape index (κ1) is 25.9. The predicted octanol–water partition coefficient (Wildman–Crippen LogP) is 7.16. The topological polar surface area (TPSA) is 103 Å². The van der Waals surface area contributed by atoms with Crippen LogP contribution in [0.1, 0.15) is 5.56 Å². The monoisotopic (exact) mass is 556 g/mol. The highest BCUT2D eigenvalue weighted by Gasteiger charge is 2.16. The number of nitrogens with zero attached hydrogens (tertiary/aromatic N) is 8. The molecule has 0 aliphatic heterocycles. The molecule has 8 nitrogen and oxygen atoms in total. The lowest BCUT2D eigenvalue weighted by Crippen LogP contribution is -2.03. The molecule has 0 saturated carbocycles. The molecular formula is C35H24N8. The zero-order valence-corrected chi connectivity index (χ0v) is 23.2. The Hall–Kier alpha value is -6.02. The number of aromatic nitrogens is 8. The van der Waals surface area contributed by atoms with Crippen LogP contribution in [0.15, 0.2) is 128 Å². The fourth-order valence-corrected chi connectivity index (χ4v) is 4.78. The standard InChI is InChI=1S/C35H24N8/c1-23-22-24(17-18-25(23)26-10-2-5-19-36-26)33-41-34(31-15-8-13-29(39-31)27-11-3-6-20-37-27)43-35(42-33)32-16-9-14-30(40-32)28-12-4-7-21-38-28/h2-22H,1H3. The van der Waals surface area contributed by atoms with Gasteiger partial charge in [0.15, 0.2) is 17.5 Å². The van der Waals surface area contributed by atoms with Gasteiger partial charge in [0.2, 0.25) is 0 Å². The second-order valence-corrected chi connectivity index (χ2v) is 9.80. The normalized spacial score (nSPS) is 10.9. The highest BCUT2D eigenvalue weighted by Crippen LogP contribution is 2.29. The van der Waals surface area contributed by atoms with Gasteiger partial charge in [0.05, 0.1) is 28.5 Å². The van der Waals surface area contributed by atoms with Gasteiger partial charge in [-0.25, -0.2) is 24.9 Å². The van der Waals surface area contributed by atoms with Crippen molar-refractivity contribution in [3.63, 3.8) is 0 Å². The van der Waals surface area contributed by atoms with Gasteiger partial charge in [-0.2, -0.15) is 0 Å². The zero-order valence-electron chi connectivity index (χ0n) is 23.2. The van der Waals surface area contributed by atoms with E-state index in [0.717, 1.165) is 45.2 Å². The van der Waals surface area contributed by atoms with Crippen molar-refractivity contribution in [1.82, 2.24) is 39.9 Å². The van der Waals surface area contributed by atoms with E-state index in [2.05, 4.69) is 34.0 Å². The summed E-state index contributed by atoms with van der Waals surface area (Å²) < 4.78 is 0. The Kier molecular flexibility index (Phi) is 6.91. The summed E-state index contributed by atoms with van der Waals surface area (Å²) in [6, 6.07) is 35.0. The summed E-state index contributed by atoms with van der Waals surface area (Å²) in [6.07, 6.45) is 5.30. The highest BCUT2D eigenvalue weighted by molar-refractivity contribution is 5.71. The molecule has 0 fully saturated rings. The molecule has 6 aromatic heterocycles. The number of hydrogen-bond donors (Lipinski definition) is 0. The molecule has 0 N–H and O–H groups in total. The second-order valence-electron chi connectivity index (χ2n) is 9.80. The Balaban J connectivity index is 1.37. The van der Waals surface area contributed by atoms with E-state index < -0.39 is 0 Å². The summed E-state index contributed by atoms with van der Waals surface area (Å²) >= 11 is 0. The fraction of sp³-hybridized carbons (Fsp3) is 0.0286. The van der Waals surface area contributed by atoms with E-state index in [9.17, 15) is 0 Å². The van der Waals surface area contributed by atoms with Crippen LogP contribution in [0.25, 0.3) is 68.5 Å². The molecule has 0 aliphatic rings. The van der Waals surface area contributed by atoms with Gasteiger partial charge in [-0.05, 0) is 79.2 Å². The summed E-state index contributed by atoms with van der Waals surface area (Å²) in [4.78, 5) is 37.8. The number of rotatable bonds is 6. The van der Waals surface area contributed by atoms with Crippen molar-refractivity contribution in [2.45, 2.75) is 6.92 Å². The molecular weight excluding hydrogens is 532 g/mol. The Labute approximate surface area is 248 Å². The Morgan fingerprint density at radius 2 is 0.837 bits per heavy atom. The second kappa shape index (κ2) is 11.5. The molecule has 0 atom stereocenters. The largest absolute Gasteiger partial charge is 0.256 e. The van der Waals surface area contributed by atoms with Crippen molar-refractivity contribution in [3.05, 3.63) is 133 Å². The minimum atomic E-state index is 0.439. The molecule has 1 aromatic carbocycles. The smallest absolute Gasteiger partial charge is 0.182 e. The molecule has 6 heterocycles. The van der Waals surface area contributed by atoms with Crippen LogP contribution in [0.3, 0.4) is 0 Å². The van der Waals surface area contributed by atoms with Crippen molar-refractivity contribution in [1.29, 1.82) is 0 Å². The van der Waals surface area contributed by atoms with Gasteiger partial charge >= 0.3 is 0 Å². The molecule has 0 saturated heterocycles. The average Bonchev–Trinajstić information content (AvgIpc) is 3.09. The minimum Gasteiger partial charge on any atom is -0.256 e. The summed E-state index contributed by atoms with van der Waals surface area (Å²) in [5, 5.41) is 0. The van der Waals surface area contributed by atoms with Gasteiger partial charge in [0.25, 0.3) is 0 Å². The third kappa shape index (κ3) is 5.49. The van der Waals surface area contributed by atoms with E-state index in [1.807, 2.05) is 97.1 Å². The minimum absolute atomic E-state index is 0.439. The number of pyridine rings is 5. The third-order valence-corrected chi connectivity index (χ3v) is 6.87. The third-order valence-electron chi connectivity index (χ3n) is 6.87. The average molecular weight is 557 g/mol. The van der Waals surface area contributed by atoms with E-state index in [0.29, 0.717) is 28.9 Å². The summed E-state index contributed by atoms with van der Waals surface area (Å²) in [5.41, 5.74) is 8.08. The van der Waals surface area contributed by atoms with E-state index in [-0.39, 0.29) is 0 Å². The first-order chi connectivity index (χ1) is 21.2. The molecule has 43 heavy (non-hydrogen) atoms. The molecule has 0 unspecified atom stereocenters. The van der Waals surface area contributed by atoms with Gasteiger partial charge in [-0.1, -0.05) is 42.5 Å². The molecule has 7 aromatic rings. The van der Waals surface area contributed by atoms with Crippen LogP contribution in [-0.2, 0) is 0 Å². The maximum atomic E-state index is 4.90. The Bertz CT molecular complexity index is 1930. The molecule has 8 heteroatoms. The van der Waals surface area contributed by atoms with Gasteiger partial charge < -0.3 is 0 Å².